The van der Waals surface area contributed by atoms with Gasteiger partial charge in [0.1, 0.15) is 5.50 Å². The first-order valence-corrected chi connectivity index (χ1v) is 7.59. The fourth-order valence-electron chi connectivity index (χ4n) is 2.20. The van der Waals surface area contributed by atoms with Crippen LogP contribution in [0.3, 0.4) is 0 Å². The van der Waals surface area contributed by atoms with Gasteiger partial charge in [-0.25, -0.2) is 0 Å². The first-order valence-electron chi connectivity index (χ1n) is 6.54. The highest BCUT2D eigenvalue weighted by atomic mass is 32.2. The molecule has 0 saturated carbocycles. The third-order valence-corrected chi connectivity index (χ3v) is 4.28. The van der Waals surface area contributed by atoms with Crippen LogP contribution in [0.15, 0.2) is 24.3 Å². The molecule has 0 aromatic heterocycles. The zero-order valence-corrected chi connectivity index (χ0v) is 11.4. The molecule has 2 rings (SSSR count). The van der Waals surface area contributed by atoms with Gasteiger partial charge in [-0.3, -0.25) is 0 Å². The Kier molecular flexibility index (Phi) is 4.75. The van der Waals surface area contributed by atoms with E-state index in [1.165, 1.54) is 36.9 Å². The van der Waals surface area contributed by atoms with Gasteiger partial charge in [-0.2, -0.15) is 0 Å². The number of rotatable bonds is 5. The third-order valence-electron chi connectivity index (χ3n) is 3.26. The molecule has 2 N–H and O–H groups in total. The predicted molar refractivity (Wildman–Crippen MR) is 77.5 cm³/mol. The molecule has 1 fully saturated rings. The Morgan fingerprint density at radius 2 is 2.06 bits per heavy atom. The molecular formula is C14H22N2S. The van der Waals surface area contributed by atoms with Crippen LogP contribution in [0.1, 0.15) is 31.7 Å². The SMILES string of the molecule is CCCCCc1ccc(N2CCSC2N)cc1. The Hall–Kier alpha value is -0.670. The summed E-state index contributed by atoms with van der Waals surface area (Å²) in [5.74, 6) is 1.14. The quantitative estimate of drug-likeness (QED) is 0.814. The van der Waals surface area contributed by atoms with E-state index in [1.54, 1.807) is 0 Å². The van der Waals surface area contributed by atoms with Crippen molar-refractivity contribution in [2.75, 3.05) is 17.2 Å². The Labute approximate surface area is 109 Å². The van der Waals surface area contributed by atoms with Crippen molar-refractivity contribution < 1.29 is 0 Å². The maximum atomic E-state index is 6.04. The summed E-state index contributed by atoms with van der Waals surface area (Å²) in [7, 11) is 0. The minimum absolute atomic E-state index is 0.140. The molecule has 1 saturated heterocycles. The second-order valence-electron chi connectivity index (χ2n) is 4.58. The van der Waals surface area contributed by atoms with Gasteiger partial charge in [-0.05, 0) is 30.5 Å². The molecule has 17 heavy (non-hydrogen) atoms. The van der Waals surface area contributed by atoms with E-state index >= 15 is 0 Å². The van der Waals surface area contributed by atoms with Gasteiger partial charge in [0, 0.05) is 18.0 Å². The first-order chi connectivity index (χ1) is 8.31. The van der Waals surface area contributed by atoms with Crippen LogP contribution in [0, 0.1) is 0 Å². The van der Waals surface area contributed by atoms with Crippen molar-refractivity contribution in [3.8, 4) is 0 Å². The number of anilines is 1. The van der Waals surface area contributed by atoms with Crippen molar-refractivity contribution in [3.05, 3.63) is 29.8 Å². The van der Waals surface area contributed by atoms with E-state index < -0.39 is 0 Å². The molecule has 94 valence electrons. The molecule has 1 unspecified atom stereocenters. The number of hydrogen-bond donors (Lipinski definition) is 1. The Bertz CT molecular complexity index is 337. The average molecular weight is 250 g/mol. The van der Waals surface area contributed by atoms with Crippen LogP contribution in [-0.4, -0.2) is 17.8 Å². The van der Waals surface area contributed by atoms with Crippen molar-refractivity contribution in [2.24, 2.45) is 5.73 Å². The van der Waals surface area contributed by atoms with Crippen molar-refractivity contribution in [1.29, 1.82) is 0 Å². The van der Waals surface area contributed by atoms with Crippen molar-refractivity contribution in [2.45, 2.75) is 38.1 Å². The summed E-state index contributed by atoms with van der Waals surface area (Å²) in [6.45, 7) is 3.32. The van der Waals surface area contributed by atoms with Gasteiger partial charge in [-0.1, -0.05) is 31.9 Å². The second kappa shape index (κ2) is 6.31. The number of benzene rings is 1. The van der Waals surface area contributed by atoms with Gasteiger partial charge in [0.2, 0.25) is 0 Å². The summed E-state index contributed by atoms with van der Waals surface area (Å²) in [5, 5.41) is 0. The largest absolute Gasteiger partial charge is 0.347 e. The summed E-state index contributed by atoms with van der Waals surface area (Å²) in [6, 6.07) is 8.93. The lowest BCUT2D eigenvalue weighted by Crippen LogP contribution is -2.34. The molecule has 1 aromatic rings. The molecule has 1 atom stereocenters. The van der Waals surface area contributed by atoms with E-state index in [-0.39, 0.29) is 5.50 Å². The summed E-state index contributed by atoms with van der Waals surface area (Å²) >= 11 is 1.82. The molecule has 0 radical (unpaired) electrons. The minimum Gasteiger partial charge on any atom is -0.347 e. The van der Waals surface area contributed by atoms with Gasteiger partial charge < -0.3 is 10.6 Å². The minimum atomic E-state index is 0.140. The van der Waals surface area contributed by atoms with Crippen LogP contribution in [0.2, 0.25) is 0 Å². The normalized spacial score (nSPS) is 19.9. The lowest BCUT2D eigenvalue weighted by Gasteiger charge is -2.22. The predicted octanol–water partition coefficient (Wildman–Crippen LogP) is 3.21. The van der Waals surface area contributed by atoms with Gasteiger partial charge in [-0.15, -0.1) is 11.8 Å². The van der Waals surface area contributed by atoms with Crippen LogP contribution in [0.4, 0.5) is 5.69 Å². The van der Waals surface area contributed by atoms with Crippen LogP contribution in [0.5, 0.6) is 0 Å². The highest BCUT2D eigenvalue weighted by molar-refractivity contribution is 8.00. The van der Waals surface area contributed by atoms with E-state index in [4.69, 9.17) is 5.73 Å². The van der Waals surface area contributed by atoms with E-state index in [0.29, 0.717) is 0 Å². The topological polar surface area (TPSA) is 29.3 Å². The average Bonchev–Trinajstić information content (AvgIpc) is 2.77. The zero-order valence-electron chi connectivity index (χ0n) is 10.6. The Balaban J connectivity index is 1.93. The number of nitrogens with zero attached hydrogens (tertiary/aromatic N) is 1. The number of aryl methyl sites for hydroxylation is 1. The standard InChI is InChI=1S/C14H22N2S/c1-2-3-4-5-12-6-8-13(9-7-12)16-10-11-17-14(16)15/h6-9,14H,2-5,10-11,15H2,1H3. The highest BCUT2D eigenvalue weighted by Crippen LogP contribution is 2.26. The molecule has 3 heteroatoms. The fourth-order valence-corrected chi connectivity index (χ4v) is 3.15. The molecule has 1 aromatic carbocycles. The van der Waals surface area contributed by atoms with E-state index in [9.17, 15) is 0 Å². The number of nitrogens with two attached hydrogens (primary N) is 1. The van der Waals surface area contributed by atoms with Crippen molar-refractivity contribution in [1.82, 2.24) is 0 Å². The fraction of sp³-hybridized carbons (Fsp3) is 0.571. The molecule has 0 aliphatic carbocycles. The molecule has 1 aliphatic heterocycles. The Morgan fingerprint density at radius 3 is 2.65 bits per heavy atom. The summed E-state index contributed by atoms with van der Waals surface area (Å²) in [5.41, 5.74) is 8.89. The maximum absolute atomic E-state index is 6.04. The first kappa shape index (κ1) is 12.8. The van der Waals surface area contributed by atoms with Crippen LogP contribution in [-0.2, 0) is 6.42 Å². The highest BCUT2D eigenvalue weighted by Gasteiger charge is 2.21. The smallest absolute Gasteiger partial charge is 0.125 e. The van der Waals surface area contributed by atoms with E-state index in [0.717, 1.165) is 12.3 Å². The third kappa shape index (κ3) is 3.39. The molecule has 0 spiro atoms. The summed E-state index contributed by atoms with van der Waals surface area (Å²) in [4.78, 5) is 2.28. The molecular weight excluding hydrogens is 228 g/mol. The molecule has 1 aliphatic rings. The molecule has 0 amide bonds. The number of hydrogen-bond acceptors (Lipinski definition) is 3. The van der Waals surface area contributed by atoms with Crippen LogP contribution < -0.4 is 10.6 Å². The molecule has 1 heterocycles. The van der Waals surface area contributed by atoms with E-state index in [2.05, 4.69) is 36.1 Å². The Morgan fingerprint density at radius 1 is 1.29 bits per heavy atom. The maximum Gasteiger partial charge on any atom is 0.125 e. The van der Waals surface area contributed by atoms with Gasteiger partial charge >= 0.3 is 0 Å². The summed E-state index contributed by atoms with van der Waals surface area (Å²) in [6.07, 6.45) is 5.12. The lowest BCUT2D eigenvalue weighted by molar-refractivity contribution is 0.717. The lowest BCUT2D eigenvalue weighted by atomic mass is 10.1. The van der Waals surface area contributed by atoms with Crippen LogP contribution >= 0.6 is 11.8 Å². The van der Waals surface area contributed by atoms with Crippen molar-refractivity contribution >= 4 is 17.4 Å². The number of unbranched alkanes of at least 4 members (excludes halogenated alkanes) is 2. The van der Waals surface area contributed by atoms with Gasteiger partial charge in [0.05, 0.1) is 0 Å². The van der Waals surface area contributed by atoms with Gasteiger partial charge in [0.25, 0.3) is 0 Å². The number of thioether (sulfide) groups is 1. The summed E-state index contributed by atoms with van der Waals surface area (Å²) < 4.78 is 0. The second-order valence-corrected chi connectivity index (χ2v) is 5.80. The van der Waals surface area contributed by atoms with E-state index in [1.807, 2.05) is 11.8 Å². The monoisotopic (exact) mass is 250 g/mol. The van der Waals surface area contributed by atoms with Crippen molar-refractivity contribution in [3.63, 3.8) is 0 Å². The zero-order chi connectivity index (χ0) is 12.1. The van der Waals surface area contributed by atoms with Crippen LogP contribution in [0.25, 0.3) is 0 Å². The molecule has 2 nitrogen and oxygen atoms in total. The van der Waals surface area contributed by atoms with Gasteiger partial charge in [0.15, 0.2) is 0 Å². The molecule has 0 bridgehead atoms.